The van der Waals surface area contributed by atoms with Gasteiger partial charge in [-0.2, -0.15) is 13.1 Å². The molecule has 0 aromatic heterocycles. The summed E-state index contributed by atoms with van der Waals surface area (Å²) in [6.07, 6.45) is 0. The maximum absolute atomic E-state index is 12.1. The van der Waals surface area contributed by atoms with E-state index in [1.165, 1.54) is 0 Å². The number of hydrogen-bond acceptors (Lipinski definition) is 4. The van der Waals surface area contributed by atoms with Gasteiger partial charge in [0.2, 0.25) is 0 Å². The van der Waals surface area contributed by atoms with Gasteiger partial charge in [-0.25, -0.2) is 0 Å². The first kappa shape index (κ1) is 11.9. The van der Waals surface area contributed by atoms with Crippen LogP contribution in [0.5, 0.6) is 0 Å². The van der Waals surface area contributed by atoms with Gasteiger partial charge in [-0.05, 0) is 40.8 Å². The summed E-state index contributed by atoms with van der Waals surface area (Å²) >= 11 is 2.07. The monoisotopic (exact) mass is 378 g/mol. The molecule has 0 aliphatic carbocycles. The molecule has 1 atom stereocenters. The van der Waals surface area contributed by atoms with Crippen LogP contribution in [0.4, 0.5) is 5.69 Å². The molecule has 1 aromatic rings. The molecule has 2 heterocycles. The van der Waals surface area contributed by atoms with Gasteiger partial charge in [0, 0.05) is 14.8 Å². The smallest absolute Gasteiger partial charge is 0.323 e. The average molecular weight is 378 g/mol. The van der Waals surface area contributed by atoms with Crippen LogP contribution in [-0.2, 0) is 20.5 Å². The highest BCUT2D eigenvalue weighted by molar-refractivity contribution is 14.1. The Labute approximate surface area is 116 Å². The lowest BCUT2D eigenvalue weighted by molar-refractivity contribution is -0.119. The number of rotatable bonds is 0. The van der Waals surface area contributed by atoms with Crippen LogP contribution in [0.15, 0.2) is 22.6 Å². The van der Waals surface area contributed by atoms with Gasteiger partial charge in [0.1, 0.15) is 5.84 Å². The summed E-state index contributed by atoms with van der Waals surface area (Å²) < 4.78 is 29.4. The summed E-state index contributed by atoms with van der Waals surface area (Å²) in [5.41, 5.74) is 5.05. The van der Waals surface area contributed by atoms with Crippen molar-refractivity contribution >= 4 is 50.2 Å². The number of nitrogens with one attached hydrogen (secondary N) is 2. The van der Waals surface area contributed by atoms with Crippen molar-refractivity contribution in [3.05, 3.63) is 27.3 Å². The van der Waals surface area contributed by atoms with Gasteiger partial charge >= 0.3 is 10.2 Å². The first-order valence-electron chi connectivity index (χ1n) is 4.86. The SMILES string of the molecule is NC1=NS(=O)(=O)NC12C(=O)Nc1ccc(I)cc12. The topological polar surface area (TPSA) is 114 Å². The number of fused-ring (bicyclic) bond motifs is 2. The van der Waals surface area contributed by atoms with Crippen molar-refractivity contribution < 1.29 is 13.2 Å². The molecule has 1 aromatic carbocycles. The molecule has 9 heteroatoms. The van der Waals surface area contributed by atoms with Gasteiger partial charge in [-0.1, -0.05) is 0 Å². The van der Waals surface area contributed by atoms with E-state index in [9.17, 15) is 13.2 Å². The molecular formula is C9H7IN4O3S. The molecule has 0 fully saturated rings. The molecule has 2 aliphatic heterocycles. The number of nitrogens with zero attached hydrogens (tertiary/aromatic N) is 1. The lowest BCUT2D eigenvalue weighted by Crippen LogP contribution is -2.53. The predicted molar refractivity (Wildman–Crippen MR) is 73.1 cm³/mol. The number of amidine groups is 1. The van der Waals surface area contributed by atoms with E-state index in [1.54, 1.807) is 18.2 Å². The maximum atomic E-state index is 12.1. The van der Waals surface area contributed by atoms with Crippen LogP contribution in [0.2, 0.25) is 0 Å². The first-order valence-corrected chi connectivity index (χ1v) is 7.38. The van der Waals surface area contributed by atoms with Crippen molar-refractivity contribution in [2.75, 3.05) is 5.32 Å². The molecule has 1 amide bonds. The van der Waals surface area contributed by atoms with Crippen molar-refractivity contribution in [3.8, 4) is 0 Å². The van der Waals surface area contributed by atoms with Crippen molar-refractivity contribution in [2.45, 2.75) is 5.54 Å². The molecule has 0 radical (unpaired) electrons. The minimum Gasteiger partial charge on any atom is -0.384 e. The van der Waals surface area contributed by atoms with Crippen molar-refractivity contribution in [1.29, 1.82) is 0 Å². The van der Waals surface area contributed by atoms with Crippen molar-refractivity contribution in [2.24, 2.45) is 10.1 Å². The number of nitrogens with two attached hydrogens (primary N) is 1. The largest absolute Gasteiger partial charge is 0.384 e. The Bertz CT molecular complexity index is 715. The Kier molecular flexibility index (Phi) is 2.26. The van der Waals surface area contributed by atoms with Crippen molar-refractivity contribution in [1.82, 2.24) is 4.72 Å². The molecule has 94 valence electrons. The van der Waals surface area contributed by atoms with E-state index < -0.39 is 21.7 Å². The lowest BCUT2D eigenvalue weighted by Gasteiger charge is -2.20. The molecule has 1 spiro atoms. The number of carbonyl (C=O) groups excluding carboxylic acids is 1. The Balaban J connectivity index is 2.30. The highest BCUT2D eigenvalue weighted by Gasteiger charge is 2.56. The van der Waals surface area contributed by atoms with Gasteiger partial charge in [-0.15, -0.1) is 4.40 Å². The molecule has 18 heavy (non-hydrogen) atoms. The minimum absolute atomic E-state index is 0.263. The maximum Gasteiger partial charge on any atom is 0.323 e. The zero-order valence-electron chi connectivity index (χ0n) is 8.77. The Morgan fingerprint density at radius 2 is 2.11 bits per heavy atom. The van der Waals surface area contributed by atoms with Crippen LogP contribution in [0, 0.1) is 3.57 Å². The number of hydrogen-bond donors (Lipinski definition) is 3. The van der Waals surface area contributed by atoms with E-state index >= 15 is 0 Å². The molecule has 2 aliphatic rings. The van der Waals surface area contributed by atoms with E-state index in [0.717, 1.165) is 3.57 Å². The molecule has 3 rings (SSSR count). The molecule has 0 saturated carbocycles. The minimum atomic E-state index is -3.93. The summed E-state index contributed by atoms with van der Waals surface area (Å²) in [4.78, 5) is 12.1. The fourth-order valence-corrected chi connectivity index (χ4v) is 3.72. The third kappa shape index (κ3) is 1.40. The molecule has 7 nitrogen and oxygen atoms in total. The summed E-state index contributed by atoms with van der Waals surface area (Å²) in [6.45, 7) is 0. The first-order chi connectivity index (χ1) is 8.35. The van der Waals surface area contributed by atoms with Crippen LogP contribution in [0.3, 0.4) is 0 Å². The summed E-state index contributed by atoms with van der Waals surface area (Å²) in [5, 5.41) is 2.60. The van der Waals surface area contributed by atoms with Gasteiger partial charge in [-0.3, -0.25) is 4.79 Å². The fourth-order valence-electron chi connectivity index (χ4n) is 2.10. The quantitative estimate of drug-likeness (QED) is 0.536. The van der Waals surface area contributed by atoms with Gasteiger partial charge < -0.3 is 11.1 Å². The van der Waals surface area contributed by atoms with E-state index in [2.05, 4.69) is 37.0 Å². The second-order valence-electron chi connectivity index (χ2n) is 3.95. The highest BCUT2D eigenvalue weighted by atomic mass is 127. The molecule has 0 saturated heterocycles. The van der Waals surface area contributed by atoms with E-state index in [0.29, 0.717) is 11.3 Å². The van der Waals surface area contributed by atoms with Crippen LogP contribution in [0.25, 0.3) is 0 Å². The van der Waals surface area contributed by atoms with Crippen molar-refractivity contribution in [3.63, 3.8) is 0 Å². The number of carbonyl (C=O) groups is 1. The van der Waals surface area contributed by atoms with Gasteiger partial charge in [0.25, 0.3) is 5.91 Å². The number of halogens is 1. The van der Waals surface area contributed by atoms with Gasteiger partial charge in [0.05, 0.1) is 0 Å². The number of amides is 1. The second-order valence-corrected chi connectivity index (χ2v) is 6.53. The Hall–Kier alpha value is -1.20. The second kappa shape index (κ2) is 3.42. The highest BCUT2D eigenvalue weighted by Crippen LogP contribution is 2.39. The van der Waals surface area contributed by atoms with Crippen LogP contribution >= 0.6 is 22.6 Å². The van der Waals surface area contributed by atoms with Crippen LogP contribution in [0.1, 0.15) is 5.56 Å². The van der Waals surface area contributed by atoms with Crippen LogP contribution < -0.4 is 15.8 Å². The lowest BCUT2D eigenvalue weighted by atomic mass is 9.91. The Morgan fingerprint density at radius 3 is 2.72 bits per heavy atom. The summed E-state index contributed by atoms with van der Waals surface area (Å²) in [5.74, 6) is -0.803. The zero-order chi connectivity index (χ0) is 13.1. The summed E-state index contributed by atoms with van der Waals surface area (Å²) in [7, 11) is -3.93. The molecule has 4 N–H and O–H groups in total. The summed E-state index contributed by atoms with van der Waals surface area (Å²) in [6, 6.07) is 5.20. The molecule has 1 unspecified atom stereocenters. The number of anilines is 1. The van der Waals surface area contributed by atoms with E-state index in [-0.39, 0.29) is 5.84 Å². The molecule has 0 bridgehead atoms. The van der Waals surface area contributed by atoms with E-state index in [4.69, 9.17) is 5.73 Å². The van der Waals surface area contributed by atoms with Crippen LogP contribution in [-0.4, -0.2) is 20.2 Å². The van der Waals surface area contributed by atoms with Gasteiger partial charge in [0.15, 0.2) is 5.54 Å². The average Bonchev–Trinajstić information content (AvgIpc) is 2.66. The third-order valence-corrected chi connectivity index (χ3v) is 4.53. The number of benzene rings is 1. The molecular weight excluding hydrogens is 371 g/mol. The fraction of sp³-hybridized carbons (Fsp3) is 0.111. The third-order valence-electron chi connectivity index (χ3n) is 2.86. The zero-order valence-corrected chi connectivity index (χ0v) is 11.7. The van der Waals surface area contributed by atoms with E-state index in [1.807, 2.05) is 0 Å². The standard InChI is InChI=1S/C9H7IN4O3S/c10-4-1-2-6-5(3-4)9(8(15)12-6)7(11)13-18(16,17)14-9/h1-3,14H,(H2,11,13)(H,12,15). The Morgan fingerprint density at radius 1 is 1.39 bits per heavy atom. The predicted octanol–water partition coefficient (Wildman–Crippen LogP) is -0.356. The normalized spacial score (nSPS) is 28.1.